The van der Waals surface area contributed by atoms with Crippen molar-refractivity contribution in [1.29, 1.82) is 5.41 Å². The molecule has 1 aliphatic carbocycles. The van der Waals surface area contributed by atoms with Gasteiger partial charge in [-0.3, -0.25) is 10.2 Å². The van der Waals surface area contributed by atoms with Gasteiger partial charge in [-0.05, 0) is 35.7 Å². The van der Waals surface area contributed by atoms with E-state index in [0.29, 0.717) is 43.9 Å². The molecule has 148 valence electrons. The molecule has 0 atom stereocenters. The summed E-state index contributed by atoms with van der Waals surface area (Å²) in [6.07, 6.45) is 0.752. The van der Waals surface area contributed by atoms with E-state index in [-0.39, 0.29) is 17.8 Å². The lowest BCUT2D eigenvalue weighted by Crippen LogP contribution is -2.55. The molecule has 0 radical (unpaired) electrons. The maximum Gasteiger partial charge on any atom is 0.225 e. The fourth-order valence-corrected chi connectivity index (χ4v) is 5.89. The smallest absolute Gasteiger partial charge is 0.225 e. The van der Waals surface area contributed by atoms with Crippen molar-refractivity contribution in [2.75, 3.05) is 26.2 Å². The largest absolute Gasteiger partial charge is 0.370 e. The van der Waals surface area contributed by atoms with Gasteiger partial charge >= 0.3 is 0 Å². The first-order valence-electron chi connectivity index (χ1n) is 9.47. The molecular weight excluding hydrogens is 376 g/mol. The Kier molecular flexibility index (Phi) is 4.74. The highest BCUT2D eigenvalue weighted by Crippen LogP contribution is 2.38. The van der Waals surface area contributed by atoms with Crippen molar-refractivity contribution in [2.24, 2.45) is 11.7 Å². The van der Waals surface area contributed by atoms with E-state index in [4.69, 9.17) is 11.1 Å². The Balaban J connectivity index is 1.39. The molecule has 1 heterocycles. The minimum absolute atomic E-state index is 0.0214. The molecule has 2 fully saturated rings. The van der Waals surface area contributed by atoms with E-state index in [1.54, 1.807) is 21.9 Å². The highest BCUT2D eigenvalue weighted by molar-refractivity contribution is 7.92. The number of hydrogen-bond donors (Lipinski definition) is 2. The third-order valence-corrected chi connectivity index (χ3v) is 8.04. The van der Waals surface area contributed by atoms with Crippen LogP contribution in [0.3, 0.4) is 0 Å². The molecule has 4 rings (SSSR count). The standard InChI is InChI=1S/C20H24N4O3S/c21-20(22)24-9-7-23(8-10-24)19(25)16-12-18(13-16)28(26,27)17-6-5-14-3-1-2-4-15(14)11-17/h1-6,11,16,18H,7-10,12-13H2,(H3,21,22). The van der Waals surface area contributed by atoms with E-state index in [1.807, 2.05) is 30.3 Å². The Hall–Kier alpha value is -2.61. The zero-order chi connectivity index (χ0) is 19.9. The van der Waals surface area contributed by atoms with E-state index in [9.17, 15) is 13.2 Å². The SMILES string of the molecule is N=C(N)N1CCN(C(=O)C2CC(S(=O)(=O)c3ccc4ccccc4c3)C2)CC1. The van der Waals surface area contributed by atoms with Gasteiger partial charge in [0.05, 0.1) is 10.1 Å². The molecule has 2 aromatic carbocycles. The van der Waals surface area contributed by atoms with Gasteiger partial charge in [-0.15, -0.1) is 0 Å². The van der Waals surface area contributed by atoms with E-state index < -0.39 is 15.1 Å². The molecule has 0 bridgehead atoms. The predicted octanol–water partition coefficient (Wildman–Crippen LogP) is 1.43. The quantitative estimate of drug-likeness (QED) is 0.599. The van der Waals surface area contributed by atoms with Crippen LogP contribution < -0.4 is 5.73 Å². The van der Waals surface area contributed by atoms with Crippen LogP contribution in [-0.4, -0.2) is 61.5 Å². The molecule has 2 aromatic rings. The van der Waals surface area contributed by atoms with Crippen molar-refractivity contribution in [3.8, 4) is 0 Å². The average molecular weight is 401 g/mol. The van der Waals surface area contributed by atoms with Crippen LogP contribution in [0.1, 0.15) is 12.8 Å². The van der Waals surface area contributed by atoms with Gasteiger partial charge in [-0.1, -0.05) is 30.3 Å². The zero-order valence-corrected chi connectivity index (χ0v) is 16.4. The molecule has 3 N–H and O–H groups in total. The molecule has 0 spiro atoms. The summed E-state index contributed by atoms with van der Waals surface area (Å²) in [5.41, 5.74) is 5.48. The second kappa shape index (κ2) is 7.09. The Morgan fingerprint density at radius 3 is 2.21 bits per heavy atom. The summed E-state index contributed by atoms with van der Waals surface area (Å²) in [6.45, 7) is 2.15. The Morgan fingerprint density at radius 1 is 0.964 bits per heavy atom. The maximum atomic E-state index is 13.0. The van der Waals surface area contributed by atoms with Crippen LogP contribution in [0.4, 0.5) is 0 Å². The van der Waals surface area contributed by atoms with Crippen molar-refractivity contribution >= 4 is 32.5 Å². The second-order valence-electron chi connectivity index (χ2n) is 7.54. The number of nitrogens with zero attached hydrogens (tertiary/aromatic N) is 2. The summed E-state index contributed by atoms with van der Waals surface area (Å²) in [7, 11) is -3.43. The number of amides is 1. The van der Waals surface area contributed by atoms with E-state index in [2.05, 4.69) is 0 Å². The lowest BCUT2D eigenvalue weighted by molar-refractivity contribution is -0.139. The Morgan fingerprint density at radius 2 is 1.57 bits per heavy atom. The molecular formula is C20H24N4O3S. The van der Waals surface area contributed by atoms with E-state index in [1.165, 1.54) is 0 Å². The minimum atomic E-state index is -3.43. The van der Waals surface area contributed by atoms with Crippen LogP contribution in [0.25, 0.3) is 10.8 Å². The number of piperazine rings is 1. The van der Waals surface area contributed by atoms with Gasteiger partial charge in [-0.2, -0.15) is 0 Å². The third kappa shape index (κ3) is 3.32. The number of carbonyl (C=O) groups excluding carboxylic acids is 1. The summed E-state index contributed by atoms with van der Waals surface area (Å²) in [5, 5.41) is 8.86. The van der Waals surface area contributed by atoms with Gasteiger partial charge in [-0.25, -0.2) is 8.42 Å². The zero-order valence-electron chi connectivity index (χ0n) is 15.5. The number of nitrogens with one attached hydrogen (secondary N) is 1. The first kappa shape index (κ1) is 18.7. The Labute approximate surface area is 164 Å². The monoisotopic (exact) mass is 400 g/mol. The number of hydrogen-bond acceptors (Lipinski definition) is 4. The van der Waals surface area contributed by atoms with Crippen LogP contribution >= 0.6 is 0 Å². The highest BCUT2D eigenvalue weighted by Gasteiger charge is 2.44. The molecule has 28 heavy (non-hydrogen) atoms. The molecule has 2 aliphatic rings. The van der Waals surface area contributed by atoms with Gasteiger partial charge in [0, 0.05) is 32.1 Å². The van der Waals surface area contributed by atoms with Crippen LogP contribution in [0.15, 0.2) is 47.4 Å². The molecule has 1 aliphatic heterocycles. The second-order valence-corrected chi connectivity index (χ2v) is 9.77. The maximum absolute atomic E-state index is 13.0. The van der Waals surface area contributed by atoms with Crippen molar-refractivity contribution in [1.82, 2.24) is 9.80 Å². The fourth-order valence-electron chi connectivity index (χ4n) is 3.98. The molecule has 0 unspecified atom stereocenters. The van der Waals surface area contributed by atoms with Gasteiger partial charge < -0.3 is 15.5 Å². The predicted molar refractivity (Wildman–Crippen MR) is 108 cm³/mol. The molecule has 1 saturated carbocycles. The fraction of sp³-hybridized carbons (Fsp3) is 0.400. The number of nitrogens with two attached hydrogens (primary N) is 1. The van der Waals surface area contributed by atoms with Gasteiger partial charge in [0.2, 0.25) is 5.91 Å². The number of carbonyl (C=O) groups is 1. The number of sulfone groups is 1. The molecule has 8 heteroatoms. The van der Waals surface area contributed by atoms with Crippen LogP contribution in [0, 0.1) is 11.3 Å². The first-order chi connectivity index (χ1) is 13.4. The van der Waals surface area contributed by atoms with Crippen molar-refractivity contribution in [3.63, 3.8) is 0 Å². The lowest BCUT2D eigenvalue weighted by Gasteiger charge is -2.40. The van der Waals surface area contributed by atoms with E-state index in [0.717, 1.165) is 10.8 Å². The topological polar surface area (TPSA) is 108 Å². The van der Waals surface area contributed by atoms with Crippen molar-refractivity contribution < 1.29 is 13.2 Å². The number of fused-ring (bicyclic) bond motifs is 1. The number of rotatable bonds is 3. The van der Waals surface area contributed by atoms with E-state index >= 15 is 0 Å². The third-order valence-electron chi connectivity index (χ3n) is 5.86. The van der Waals surface area contributed by atoms with Crippen LogP contribution in [-0.2, 0) is 14.6 Å². The van der Waals surface area contributed by atoms with Gasteiger partial charge in [0.25, 0.3) is 0 Å². The number of guanidine groups is 1. The van der Waals surface area contributed by atoms with Gasteiger partial charge in [0.15, 0.2) is 15.8 Å². The lowest BCUT2D eigenvalue weighted by atomic mass is 9.83. The minimum Gasteiger partial charge on any atom is -0.370 e. The molecule has 1 amide bonds. The summed E-state index contributed by atoms with van der Waals surface area (Å²) in [4.78, 5) is 16.5. The van der Waals surface area contributed by atoms with Crippen LogP contribution in [0.5, 0.6) is 0 Å². The molecule has 1 saturated heterocycles. The summed E-state index contributed by atoms with van der Waals surface area (Å²) in [5.74, 6) is -0.186. The molecule has 7 nitrogen and oxygen atoms in total. The average Bonchev–Trinajstić information content (AvgIpc) is 2.66. The summed E-state index contributed by atoms with van der Waals surface area (Å²) < 4.78 is 25.9. The summed E-state index contributed by atoms with van der Waals surface area (Å²) >= 11 is 0. The normalized spacial score (nSPS) is 22.7. The Bertz CT molecular complexity index is 1020. The number of benzene rings is 2. The van der Waals surface area contributed by atoms with Crippen molar-refractivity contribution in [2.45, 2.75) is 23.0 Å². The first-order valence-corrected chi connectivity index (χ1v) is 11.0. The van der Waals surface area contributed by atoms with Gasteiger partial charge in [0.1, 0.15) is 0 Å². The highest BCUT2D eigenvalue weighted by atomic mass is 32.2. The van der Waals surface area contributed by atoms with Crippen molar-refractivity contribution in [3.05, 3.63) is 42.5 Å². The molecule has 0 aromatic heterocycles. The van der Waals surface area contributed by atoms with Crippen LogP contribution in [0.2, 0.25) is 0 Å². The summed E-state index contributed by atoms with van der Waals surface area (Å²) in [6, 6.07) is 12.9.